The Labute approximate surface area is 122 Å². The Hall–Kier alpha value is -2.68. The molecule has 2 aromatic rings. The van der Waals surface area contributed by atoms with E-state index in [9.17, 15) is 4.39 Å². The number of nitrogens with one attached hydrogen (secondary N) is 1. The molecule has 0 radical (unpaired) electrons. The minimum atomic E-state index is -0.548. The van der Waals surface area contributed by atoms with E-state index in [4.69, 9.17) is 11.0 Å². The Kier molecular flexibility index (Phi) is 4.33. The first kappa shape index (κ1) is 14.7. The van der Waals surface area contributed by atoms with Crippen LogP contribution in [0, 0.1) is 24.1 Å². The molecular formula is C15H16FN5. The molecule has 0 saturated carbocycles. The zero-order valence-electron chi connectivity index (χ0n) is 11.9. The predicted octanol–water partition coefficient (Wildman–Crippen LogP) is 3.07. The molecule has 0 unspecified atom stereocenters. The van der Waals surface area contributed by atoms with Gasteiger partial charge in [0.2, 0.25) is 0 Å². The van der Waals surface area contributed by atoms with Crippen molar-refractivity contribution < 1.29 is 4.39 Å². The van der Waals surface area contributed by atoms with Crippen LogP contribution < -0.4 is 11.1 Å². The second kappa shape index (κ2) is 6.18. The highest BCUT2D eigenvalue weighted by Crippen LogP contribution is 2.23. The predicted molar refractivity (Wildman–Crippen MR) is 79.6 cm³/mol. The molecule has 0 aliphatic heterocycles. The minimum Gasteiger partial charge on any atom is -0.383 e. The van der Waals surface area contributed by atoms with Gasteiger partial charge in [-0.15, -0.1) is 0 Å². The topological polar surface area (TPSA) is 87.6 Å². The number of nitrogens with two attached hydrogens (primary N) is 1. The SMILES string of the molecule is CCCc1nc(N)c(C)c(Nc2ccc(F)c(C#N)c2)n1. The molecule has 21 heavy (non-hydrogen) atoms. The highest BCUT2D eigenvalue weighted by molar-refractivity contribution is 5.64. The molecule has 0 aliphatic rings. The number of benzene rings is 1. The molecule has 0 spiro atoms. The molecule has 1 aromatic carbocycles. The first-order valence-electron chi connectivity index (χ1n) is 6.64. The molecule has 0 amide bonds. The summed E-state index contributed by atoms with van der Waals surface area (Å²) < 4.78 is 13.3. The van der Waals surface area contributed by atoms with Crippen LogP contribution in [0.3, 0.4) is 0 Å². The van der Waals surface area contributed by atoms with Crippen LogP contribution in [0.2, 0.25) is 0 Å². The molecule has 0 fully saturated rings. The van der Waals surface area contributed by atoms with Crippen LogP contribution in [0.15, 0.2) is 18.2 Å². The van der Waals surface area contributed by atoms with Crippen LogP contribution in [0.1, 0.15) is 30.3 Å². The number of anilines is 3. The average molecular weight is 285 g/mol. The second-order valence-corrected chi connectivity index (χ2v) is 4.68. The van der Waals surface area contributed by atoms with Gasteiger partial charge in [0.25, 0.3) is 0 Å². The summed E-state index contributed by atoms with van der Waals surface area (Å²) in [5.41, 5.74) is 7.16. The van der Waals surface area contributed by atoms with Crippen LogP contribution in [-0.4, -0.2) is 9.97 Å². The van der Waals surface area contributed by atoms with Crippen molar-refractivity contribution in [3.05, 3.63) is 41.0 Å². The minimum absolute atomic E-state index is 0.0199. The number of aromatic nitrogens is 2. The molecule has 0 atom stereocenters. The fourth-order valence-electron chi connectivity index (χ4n) is 1.86. The van der Waals surface area contributed by atoms with Crippen LogP contribution in [-0.2, 0) is 6.42 Å². The van der Waals surface area contributed by atoms with Crippen molar-refractivity contribution in [3.63, 3.8) is 0 Å². The largest absolute Gasteiger partial charge is 0.383 e. The molecule has 0 saturated heterocycles. The number of halogens is 1. The fourth-order valence-corrected chi connectivity index (χ4v) is 1.86. The van der Waals surface area contributed by atoms with E-state index in [1.165, 1.54) is 12.1 Å². The standard InChI is InChI=1S/C15H16FN5/c1-3-4-13-20-14(18)9(2)15(21-13)19-11-5-6-12(16)10(7-11)8-17/h5-7H,3-4H2,1-2H3,(H3,18,19,20,21). The van der Waals surface area contributed by atoms with E-state index in [1.807, 2.05) is 13.8 Å². The summed E-state index contributed by atoms with van der Waals surface area (Å²) in [5.74, 6) is 1.10. The Bertz CT molecular complexity index is 706. The first-order valence-corrected chi connectivity index (χ1v) is 6.64. The summed E-state index contributed by atoms with van der Waals surface area (Å²) in [6.07, 6.45) is 1.64. The highest BCUT2D eigenvalue weighted by Gasteiger charge is 2.10. The van der Waals surface area contributed by atoms with Gasteiger partial charge in [-0.2, -0.15) is 5.26 Å². The van der Waals surface area contributed by atoms with Crippen LogP contribution in [0.4, 0.5) is 21.7 Å². The van der Waals surface area contributed by atoms with Crippen molar-refractivity contribution >= 4 is 17.3 Å². The van der Waals surface area contributed by atoms with E-state index in [0.717, 1.165) is 18.4 Å². The fraction of sp³-hybridized carbons (Fsp3) is 0.267. The van der Waals surface area contributed by atoms with Gasteiger partial charge in [-0.25, -0.2) is 14.4 Å². The van der Waals surface area contributed by atoms with Crippen molar-refractivity contribution in [1.82, 2.24) is 9.97 Å². The quantitative estimate of drug-likeness (QED) is 0.901. The maximum atomic E-state index is 13.3. The lowest BCUT2D eigenvalue weighted by Gasteiger charge is -2.12. The van der Waals surface area contributed by atoms with Crippen molar-refractivity contribution in [1.29, 1.82) is 5.26 Å². The molecule has 108 valence electrons. The van der Waals surface area contributed by atoms with Crippen molar-refractivity contribution in [2.24, 2.45) is 0 Å². The van der Waals surface area contributed by atoms with Crippen LogP contribution in [0.5, 0.6) is 0 Å². The van der Waals surface area contributed by atoms with Crippen molar-refractivity contribution in [3.8, 4) is 6.07 Å². The Morgan fingerprint density at radius 2 is 2.14 bits per heavy atom. The highest BCUT2D eigenvalue weighted by atomic mass is 19.1. The van der Waals surface area contributed by atoms with Gasteiger partial charge in [-0.05, 0) is 31.5 Å². The smallest absolute Gasteiger partial charge is 0.141 e. The monoisotopic (exact) mass is 285 g/mol. The van der Waals surface area contributed by atoms with E-state index in [1.54, 1.807) is 12.1 Å². The molecule has 0 aliphatic carbocycles. The van der Waals surface area contributed by atoms with Gasteiger partial charge in [0, 0.05) is 17.7 Å². The lowest BCUT2D eigenvalue weighted by atomic mass is 10.2. The van der Waals surface area contributed by atoms with E-state index >= 15 is 0 Å². The van der Waals surface area contributed by atoms with Gasteiger partial charge in [-0.3, -0.25) is 0 Å². The van der Waals surface area contributed by atoms with Gasteiger partial charge in [-0.1, -0.05) is 6.92 Å². The van der Waals surface area contributed by atoms with Crippen LogP contribution in [0.25, 0.3) is 0 Å². The number of nitrogens with zero attached hydrogens (tertiary/aromatic N) is 3. The van der Waals surface area contributed by atoms with Crippen molar-refractivity contribution in [2.45, 2.75) is 26.7 Å². The van der Waals surface area contributed by atoms with Gasteiger partial charge >= 0.3 is 0 Å². The molecule has 0 bridgehead atoms. The van der Waals surface area contributed by atoms with E-state index in [0.29, 0.717) is 23.1 Å². The lowest BCUT2D eigenvalue weighted by Crippen LogP contribution is -2.07. The zero-order valence-corrected chi connectivity index (χ0v) is 11.9. The molecule has 5 nitrogen and oxygen atoms in total. The van der Waals surface area contributed by atoms with Gasteiger partial charge in [0.05, 0.1) is 5.56 Å². The van der Waals surface area contributed by atoms with E-state index in [2.05, 4.69) is 15.3 Å². The summed E-state index contributed by atoms with van der Waals surface area (Å²) >= 11 is 0. The number of rotatable bonds is 4. The van der Waals surface area contributed by atoms with Gasteiger partial charge in [0.1, 0.15) is 29.3 Å². The third-order valence-electron chi connectivity index (χ3n) is 3.05. The Morgan fingerprint density at radius 3 is 2.81 bits per heavy atom. The average Bonchev–Trinajstić information content (AvgIpc) is 2.46. The summed E-state index contributed by atoms with van der Waals surface area (Å²) in [6, 6.07) is 6.04. The Morgan fingerprint density at radius 1 is 1.38 bits per heavy atom. The molecule has 3 N–H and O–H groups in total. The normalized spacial score (nSPS) is 10.2. The molecule has 6 heteroatoms. The third kappa shape index (κ3) is 3.26. The summed E-state index contributed by atoms with van der Waals surface area (Å²) in [5, 5.41) is 11.9. The van der Waals surface area contributed by atoms with E-state index in [-0.39, 0.29) is 5.56 Å². The summed E-state index contributed by atoms with van der Waals surface area (Å²) in [4.78, 5) is 8.64. The molecule has 1 aromatic heterocycles. The zero-order chi connectivity index (χ0) is 15.4. The first-order chi connectivity index (χ1) is 10.0. The van der Waals surface area contributed by atoms with Gasteiger partial charge < -0.3 is 11.1 Å². The molecular weight excluding hydrogens is 269 g/mol. The van der Waals surface area contributed by atoms with Crippen LogP contribution >= 0.6 is 0 Å². The lowest BCUT2D eigenvalue weighted by molar-refractivity contribution is 0.624. The number of nitriles is 1. The van der Waals surface area contributed by atoms with Crippen molar-refractivity contribution in [2.75, 3.05) is 11.1 Å². The maximum absolute atomic E-state index is 13.3. The maximum Gasteiger partial charge on any atom is 0.141 e. The molecule has 2 rings (SSSR count). The number of hydrogen-bond acceptors (Lipinski definition) is 5. The number of aryl methyl sites for hydroxylation is 1. The number of nitrogen functional groups attached to an aromatic ring is 1. The summed E-state index contributed by atoms with van der Waals surface area (Å²) in [7, 11) is 0. The third-order valence-corrected chi connectivity index (χ3v) is 3.05. The summed E-state index contributed by atoms with van der Waals surface area (Å²) in [6.45, 7) is 3.84. The second-order valence-electron chi connectivity index (χ2n) is 4.68. The van der Waals surface area contributed by atoms with Gasteiger partial charge in [0.15, 0.2) is 0 Å². The Balaban J connectivity index is 2.37. The number of hydrogen-bond donors (Lipinski definition) is 2. The van der Waals surface area contributed by atoms with E-state index < -0.39 is 5.82 Å². The molecule has 1 heterocycles.